The number of aromatic amines is 1. The molecule has 0 unspecified atom stereocenters. The zero-order chi connectivity index (χ0) is 55.6. The first-order valence-electron chi connectivity index (χ1n) is 27.9. The van der Waals surface area contributed by atoms with E-state index in [9.17, 15) is 29.1 Å². The number of nitrogens with one attached hydrogen (secondary N) is 5. The molecule has 6 aromatic rings. The maximum Gasteiger partial charge on any atom is 0.254 e. The van der Waals surface area contributed by atoms with Crippen LogP contribution in [0.2, 0.25) is 0 Å². The van der Waals surface area contributed by atoms with Crippen molar-refractivity contribution in [3.05, 3.63) is 101 Å². The van der Waals surface area contributed by atoms with E-state index < -0.39 is 29.4 Å². The van der Waals surface area contributed by atoms with Gasteiger partial charge in [-0.2, -0.15) is 5.10 Å². The third-order valence-corrected chi connectivity index (χ3v) is 16.2. The number of thiazole rings is 1. The first-order valence-corrected chi connectivity index (χ1v) is 28.7. The molecule has 2 saturated heterocycles. The summed E-state index contributed by atoms with van der Waals surface area (Å²) >= 11 is 1.58. The van der Waals surface area contributed by atoms with Gasteiger partial charge in [0.15, 0.2) is 11.5 Å². The fourth-order valence-corrected chi connectivity index (χ4v) is 11.2. The number of benzene rings is 2. The zero-order valence-corrected chi connectivity index (χ0v) is 46.5. The van der Waals surface area contributed by atoms with Crippen molar-refractivity contribution < 1.29 is 33.5 Å². The van der Waals surface area contributed by atoms with Crippen LogP contribution in [0.3, 0.4) is 0 Å². The molecule has 6 heterocycles. The minimum Gasteiger partial charge on any atom is -0.391 e. The van der Waals surface area contributed by atoms with Crippen LogP contribution in [-0.4, -0.2) is 143 Å². The number of likely N-dealkylation sites (tertiary alicyclic amines) is 1. The van der Waals surface area contributed by atoms with E-state index in [2.05, 4.69) is 46.3 Å². The molecule has 3 aliphatic rings. The Labute approximate surface area is 464 Å². The standard InChI is InChI=1S/C58H74FN13O6S/c1-37-51(79-36-63-37)40-16-14-38(15-17-40)30-62-55(76)47-29-43(73)34-72(47)57(78)52(58(2,3)4)68-50(75)13-11-9-7-5-6-8-10-12-49(74)60-22-23-69-24-26-70(27-25-69)56(77)41-20-21-45(44(59)28-41)66-53-54-61-33-48(42-31-64-65-32-42)71(54)35-46(67-53)39-18-19-39/h14-17,20-21,28,31-33,35-36,39,43,47,52,73H,5-13,18-19,22-27,29-30,34H2,1-4H3,(H,60,74)(H,62,76)(H,64,65)(H,66,67)(H,68,75)/t43-,47+,52-/m1/s1. The molecule has 420 valence electrons. The van der Waals surface area contributed by atoms with Gasteiger partial charge in [-0.05, 0) is 67.3 Å². The van der Waals surface area contributed by atoms with Gasteiger partial charge in [0.1, 0.15) is 17.9 Å². The van der Waals surface area contributed by atoms with Crippen LogP contribution in [0.4, 0.5) is 15.9 Å². The zero-order valence-electron chi connectivity index (χ0n) is 45.7. The van der Waals surface area contributed by atoms with E-state index in [-0.39, 0.29) is 66.7 Å². The van der Waals surface area contributed by atoms with Gasteiger partial charge in [0, 0.05) is 101 Å². The van der Waals surface area contributed by atoms with Crippen LogP contribution >= 0.6 is 11.3 Å². The van der Waals surface area contributed by atoms with Gasteiger partial charge >= 0.3 is 0 Å². The van der Waals surface area contributed by atoms with E-state index in [0.29, 0.717) is 69.5 Å². The number of carbonyl (C=O) groups is 5. The van der Waals surface area contributed by atoms with E-state index in [1.807, 2.05) is 68.1 Å². The summed E-state index contributed by atoms with van der Waals surface area (Å²) in [4.78, 5) is 87.0. The number of halogens is 1. The first-order chi connectivity index (χ1) is 38.1. The molecule has 5 amide bonds. The molecule has 3 fully saturated rings. The smallest absolute Gasteiger partial charge is 0.254 e. The number of aromatic nitrogens is 6. The van der Waals surface area contributed by atoms with Gasteiger partial charge in [0.25, 0.3) is 5.91 Å². The number of nitrogens with zero attached hydrogens (tertiary/aromatic N) is 8. The third-order valence-electron chi connectivity index (χ3n) is 15.2. The lowest BCUT2D eigenvalue weighted by atomic mass is 9.85. The largest absolute Gasteiger partial charge is 0.391 e. The Morgan fingerprint density at radius 3 is 2.25 bits per heavy atom. The second-order valence-corrected chi connectivity index (χ2v) is 23.2. The quantitative estimate of drug-likeness (QED) is 0.0323. The summed E-state index contributed by atoms with van der Waals surface area (Å²) in [5, 5.41) is 29.6. The van der Waals surface area contributed by atoms with E-state index in [0.717, 1.165) is 90.0 Å². The number of H-pyrrole nitrogens is 1. The number of anilines is 2. The molecule has 6 N–H and O–H groups in total. The van der Waals surface area contributed by atoms with Crippen molar-refractivity contribution in [2.75, 3.05) is 51.1 Å². The number of piperazine rings is 1. The minimum atomic E-state index is -0.873. The van der Waals surface area contributed by atoms with Gasteiger partial charge in [-0.3, -0.25) is 38.4 Å². The molecule has 9 rings (SSSR count). The number of aliphatic hydroxyl groups excluding tert-OH is 1. The molecular weight excluding hydrogens is 1030 g/mol. The topological polar surface area (TPSA) is 235 Å². The number of hydrogen-bond acceptors (Lipinski definition) is 13. The van der Waals surface area contributed by atoms with E-state index in [1.54, 1.807) is 47.0 Å². The normalized spacial score (nSPS) is 17.2. The number of aliphatic hydroxyl groups is 1. The molecule has 3 atom stereocenters. The van der Waals surface area contributed by atoms with Gasteiger partial charge < -0.3 is 36.2 Å². The molecule has 1 aliphatic carbocycles. The molecule has 19 nitrogen and oxygen atoms in total. The SMILES string of the molecule is Cc1ncsc1-c1ccc(CNC(=O)[C@@H]2C[C@@H](O)CN2C(=O)[C@@H](NC(=O)CCCCCCCCCC(=O)NCCN2CCN(C(=O)c3ccc(Nc4nc(C5CC5)cn5c(-c6cn[nH]c6)cnc45)c(F)c3)CC2)C(C)(C)C)cc1. The summed E-state index contributed by atoms with van der Waals surface area (Å²) in [7, 11) is 0. The maximum absolute atomic E-state index is 15.7. The number of amides is 5. The highest BCUT2D eigenvalue weighted by Crippen LogP contribution is 2.41. The molecule has 0 spiro atoms. The van der Waals surface area contributed by atoms with Crippen LogP contribution in [-0.2, 0) is 25.7 Å². The number of β-amino-alcohol motifs (C(OH)–C–C–N with tert-alkyl or cyclic N) is 1. The Morgan fingerprint density at radius 2 is 1.59 bits per heavy atom. The predicted molar refractivity (Wildman–Crippen MR) is 301 cm³/mol. The highest BCUT2D eigenvalue weighted by atomic mass is 32.1. The summed E-state index contributed by atoms with van der Waals surface area (Å²) in [5.74, 6) is -0.930. The Hall–Kier alpha value is -7.10. The molecular formula is C58H74FN13O6S. The summed E-state index contributed by atoms with van der Waals surface area (Å²) in [6.45, 7) is 11.4. The predicted octanol–water partition coefficient (Wildman–Crippen LogP) is 7.51. The molecule has 0 radical (unpaired) electrons. The Morgan fingerprint density at radius 1 is 0.873 bits per heavy atom. The van der Waals surface area contributed by atoms with Gasteiger partial charge in [-0.15, -0.1) is 11.3 Å². The fourth-order valence-electron chi connectivity index (χ4n) is 10.4. The van der Waals surface area contributed by atoms with Gasteiger partial charge in [0.2, 0.25) is 23.6 Å². The van der Waals surface area contributed by atoms with Crippen LogP contribution in [0.1, 0.15) is 131 Å². The van der Waals surface area contributed by atoms with Crippen LogP contribution in [0.5, 0.6) is 0 Å². The van der Waals surface area contributed by atoms with Gasteiger partial charge in [-0.1, -0.05) is 77.1 Å². The Balaban J connectivity index is 0.616. The van der Waals surface area contributed by atoms with E-state index in [4.69, 9.17) is 4.98 Å². The Bertz CT molecular complexity index is 3070. The molecule has 1 saturated carbocycles. The second kappa shape index (κ2) is 25.8. The molecule has 79 heavy (non-hydrogen) atoms. The lowest BCUT2D eigenvalue weighted by Gasteiger charge is -2.35. The van der Waals surface area contributed by atoms with Crippen molar-refractivity contribution >= 4 is 58.0 Å². The highest BCUT2D eigenvalue weighted by molar-refractivity contribution is 7.13. The van der Waals surface area contributed by atoms with Crippen LogP contribution < -0.4 is 21.3 Å². The second-order valence-electron chi connectivity index (χ2n) is 22.3. The van der Waals surface area contributed by atoms with Crippen molar-refractivity contribution in [3.8, 4) is 21.7 Å². The van der Waals surface area contributed by atoms with Crippen LogP contribution in [0.25, 0.3) is 27.3 Å². The van der Waals surface area contributed by atoms with Crippen molar-refractivity contribution in [1.82, 2.24) is 60.2 Å². The maximum atomic E-state index is 15.7. The number of fused-ring (bicyclic) bond motifs is 1. The van der Waals surface area contributed by atoms with Crippen molar-refractivity contribution in [2.24, 2.45) is 5.41 Å². The molecule has 0 bridgehead atoms. The number of hydrogen-bond donors (Lipinski definition) is 6. The number of carbonyl (C=O) groups excluding carboxylic acids is 5. The third kappa shape index (κ3) is 14.6. The number of imidazole rings is 1. The molecule has 21 heteroatoms. The molecule has 2 aliphatic heterocycles. The molecule has 2 aromatic carbocycles. The van der Waals surface area contributed by atoms with Gasteiger partial charge in [0.05, 0.1) is 51.7 Å². The number of aryl methyl sites for hydroxylation is 1. The van der Waals surface area contributed by atoms with Crippen LogP contribution in [0, 0.1) is 18.2 Å². The Kier molecular flexibility index (Phi) is 18.5. The average Bonchev–Trinajstić information content (AvgIpc) is 4.05. The minimum absolute atomic E-state index is 0.0171. The monoisotopic (exact) mass is 1100 g/mol. The van der Waals surface area contributed by atoms with Gasteiger partial charge in [-0.25, -0.2) is 19.3 Å². The molecule has 4 aromatic heterocycles. The lowest BCUT2D eigenvalue weighted by Crippen LogP contribution is -2.57. The van der Waals surface area contributed by atoms with Crippen molar-refractivity contribution in [2.45, 2.75) is 135 Å². The summed E-state index contributed by atoms with van der Waals surface area (Å²) in [5.41, 5.74) is 7.77. The van der Waals surface area contributed by atoms with Crippen molar-refractivity contribution in [3.63, 3.8) is 0 Å². The summed E-state index contributed by atoms with van der Waals surface area (Å²) in [6, 6.07) is 10.7. The average molecular weight is 1100 g/mol. The van der Waals surface area contributed by atoms with E-state index in [1.165, 1.54) is 11.0 Å². The lowest BCUT2D eigenvalue weighted by molar-refractivity contribution is -0.144. The highest BCUT2D eigenvalue weighted by Gasteiger charge is 2.44. The van der Waals surface area contributed by atoms with E-state index >= 15 is 4.39 Å². The fraction of sp³-hybridized carbons (Fsp3) is 0.500. The number of unbranched alkanes of at least 4 members (excludes halogenated alkanes) is 6. The van der Waals surface area contributed by atoms with Crippen molar-refractivity contribution in [1.29, 1.82) is 0 Å². The summed E-state index contributed by atoms with van der Waals surface area (Å²) in [6.07, 6.45) is 15.6. The summed E-state index contributed by atoms with van der Waals surface area (Å²) < 4.78 is 17.6. The van der Waals surface area contributed by atoms with Crippen LogP contribution in [0.15, 0.2) is 72.8 Å². The first kappa shape index (κ1) is 56.6. The number of rotatable bonds is 24.